The first kappa shape index (κ1) is 15.9. The van der Waals surface area contributed by atoms with Crippen molar-refractivity contribution in [3.63, 3.8) is 0 Å². The number of rotatable bonds is 2. The minimum absolute atomic E-state index is 0.629. The molecule has 1 saturated heterocycles. The molecule has 0 aliphatic carbocycles. The molecular weight excluding hydrogens is 344 g/mol. The van der Waals surface area contributed by atoms with Crippen LogP contribution in [0.5, 0.6) is 0 Å². The van der Waals surface area contributed by atoms with Gasteiger partial charge in [0.2, 0.25) is 0 Å². The van der Waals surface area contributed by atoms with Crippen LogP contribution in [0.1, 0.15) is 24.3 Å². The third kappa shape index (κ3) is 2.70. The van der Waals surface area contributed by atoms with Crippen LogP contribution >= 0.6 is 11.6 Å². The number of benzene rings is 2. The fourth-order valence-corrected chi connectivity index (χ4v) is 4.24. The smallest absolute Gasteiger partial charge is 0.138 e. The van der Waals surface area contributed by atoms with E-state index < -0.39 is 0 Å². The molecule has 0 atom stereocenters. The normalized spacial score (nSPS) is 16.7. The highest BCUT2D eigenvalue weighted by molar-refractivity contribution is 6.31. The summed E-state index contributed by atoms with van der Waals surface area (Å²) in [6.07, 6.45) is 4.64. The van der Waals surface area contributed by atoms with E-state index in [1.807, 2.05) is 18.2 Å². The SMILES string of the molecule is CN1CCC(c2c[nH]c3ccc(-c4nc5ccc(Cl)cc5[nH]4)cc23)CC1. The third-order valence-corrected chi connectivity index (χ3v) is 5.82. The summed E-state index contributed by atoms with van der Waals surface area (Å²) >= 11 is 6.10. The van der Waals surface area contributed by atoms with Crippen molar-refractivity contribution >= 4 is 33.5 Å². The van der Waals surface area contributed by atoms with Crippen molar-refractivity contribution in [2.45, 2.75) is 18.8 Å². The van der Waals surface area contributed by atoms with Crippen LogP contribution in [0, 0.1) is 0 Å². The molecule has 5 heteroatoms. The van der Waals surface area contributed by atoms with E-state index in [2.05, 4.69) is 46.3 Å². The lowest BCUT2D eigenvalue weighted by molar-refractivity contribution is 0.256. The molecule has 4 aromatic rings. The zero-order valence-corrected chi connectivity index (χ0v) is 15.5. The van der Waals surface area contributed by atoms with Gasteiger partial charge in [-0.25, -0.2) is 4.98 Å². The van der Waals surface area contributed by atoms with Crippen LogP contribution in [0.25, 0.3) is 33.3 Å². The first-order valence-electron chi connectivity index (χ1n) is 9.12. The molecule has 0 amide bonds. The van der Waals surface area contributed by atoms with Crippen molar-refractivity contribution in [1.82, 2.24) is 19.9 Å². The summed E-state index contributed by atoms with van der Waals surface area (Å²) in [5.41, 5.74) is 5.65. The van der Waals surface area contributed by atoms with Crippen LogP contribution in [0.4, 0.5) is 0 Å². The van der Waals surface area contributed by atoms with Gasteiger partial charge < -0.3 is 14.9 Å². The number of nitrogens with zero attached hydrogens (tertiary/aromatic N) is 2. The maximum atomic E-state index is 6.10. The summed E-state index contributed by atoms with van der Waals surface area (Å²) in [7, 11) is 2.21. The molecule has 0 saturated carbocycles. The summed E-state index contributed by atoms with van der Waals surface area (Å²) in [5.74, 6) is 1.52. The molecule has 4 nitrogen and oxygen atoms in total. The topological polar surface area (TPSA) is 47.7 Å². The van der Waals surface area contributed by atoms with Gasteiger partial charge in [0.05, 0.1) is 11.0 Å². The number of imidazole rings is 1. The lowest BCUT2D eigenvalue weighted by Gasteiger charge is -2.28. The number of aromatic nitrogens is 3. The van der Waals surface area contributed by atoms with Crippen LogP contribution in [-0.4, -0.2) is 40.0 Å². The van der Waals surface area contributed by atoms with Crippen molar-refractivity contribution in [3.05, 3.63) is 53.2 Å². The maximum Gasteiger partial charge on any atom is 0.138 e. The van der Waals surface area contributed by atoms with Gasteiger partial charge in [-0.2, -0.15) is 0 Å². The second kappa shape index (κ2) is 6.15. The summed E-state index contributed by atoms with van der Waals surface area (Å²) in [6, 6.07) is 12.3. The van der Waals surface area contributed by atoms with Crippen molar-refractivity contribution in [2.24, 2.45) is 0 Å². The van der Waals surface area contributed by atoms with Gasteiger partial charge >= 0.3 is 0 Å². The minimum Gasteiger partial charge on any atom is -0.361 e. The van der Waals surface area contributed by atoms with Gasteiger partial charge in [0.25, 0.3) is 0 Å². The predicted octanol–water partition coefficient (Wildman–Crippen LogP) is 5.17. The molecule has 1 fully saturated rings. The zero-order valence-electron chi connectivity index (χ0n) is 14.7. The van der Waals surface area contributed by atoms with Crippen molar-refractivity contribution in [3.8, 4) is 11.4 Å². The second-order valence-electron chi connectivity index (χ2n) is 7.33. The second-order valence-corrected chi connectivity index (χ2v) is 7.77. The number of nitrogens with one attached hydrogen (secondary N) is 2. The Bertz CT molecular complexity index is 1090. The maximum absolute atomic E-state index is 6.10. The number of H-pyrrole nitrogens is 2. The van der Waals surface area contributed by atoms with Gasteiger partial charge in [-0.3, -0.25) is 0 Å². The number of aromatic amines is 2. The molecule has 1 aliphatic rings. The average Bonchev–Trinajstić information content (AvgIpc) is 3.25. The van der Waals surface area contributed by atoms with Crippen LogP contribution < -0.4 is 0 Å². The number of piperidine rings is 1. The predicted molar refractivity (Wildman–Crippen MR) is 108 cm³/mol. The lowest BCUT2D eigenvalue weighted by atomic mass is 9.89. The largest absolute Gasteiger partial charge is 0.361 e. The monoisotopic (exact) mass is 364 g/mol. The van der Waals surface area contributed by atoms with E-state index in [1.54, 1.807) is 0 Å². The Morgan fingerprint density at radius 1 is 1.08 bits per heavy atom. The first-order valence-corrected chi connectivity index (χ1v) is 9.50. The fourth-order valence-electron chi connectivity index (χ4n) is 4.07. The molecule has 5 rings (SSSR count). The third-order valence-electron chi connectivity index (χ3n) is 5.59. The summed E-state index contributed by atoms with van der Waals surface area (Å²) in [6.45, 7) is 2.34. The first-order chi connectivity index (χ1) is 12.7. The van der Waals surface area contributed by atoms with Gasteiger partial charge in [-0.1, -0.05) is 11.6 Å². The van der Waals surface area contributed by atoms with Crippen LogP contribution in [0.2, 0.25) is 5.02 Å². The summed E-state index contributed by atoms with van der Waals surface area (Å²) in [5, 5.41) is 2.04. The highest BCUT2D eigenvalue weighted by Gasteiger charge is 2.21. The standard InChI is InChI=1S/C21H21ClN4/c1-26-8-6-13(7-9-26)17-12-23-18-4-2-14(10-16(17)18)21-24-19-5-3-15(22)11-20(19)25-21/h2-5,10-13,23H,6-9H2,1H3,(H,24,25). The number of hydrogen-bond acceptors (Lipinski definition) is 2. The van der Waals surface area contributed by atoms with Gasteiger partial charge in [0.15, 0.2) is 0 Å². The quantitative estimate of drug-likeness (QED) is 0.515. The fraction of sp³-hybridized carbons (Fsp3) is 0.286. The molecule has 132 valence electrons. The highest BCUT2D eigenvalue weighted by atomic mass is 35.5. The molecule has 2 N–H and O–H groups in total. The number of hydrogen-bond donors (Lipinski definition) is 2. The van der Waals surface area contributed by atoms with Crippen molar-refractivity contribution < 1.29 is 0 Å². The lowest BCUT2D eigenvalue weighted by Crippen LogP contribution is -2.29. The molecule has 26 heavy (non-hydrogen) atoms. The van der Waals surface area contributed by atoms with E-state index in [1.165, 1.54) is 42.4 Å². The molecule has 3 heterocycles. The molecule has 2 aromatic carbocycles. The zero-order chi connectivity index (χ0) is 17.7. The molecule has 2 aromatic heterocycles. The van der Waals surface area contributed by atoms with Gasteiger partial charge in [-0.05, 0) is 80.9 Å². The number of likely N-dealkylation sites (tertiary alicyclic amines) is 1. The highest BCUT2D eigenvalue weighted by Crippen LogP contribution is 2.34. The Morgan fingerprint density at radius 3 is 2.77 bits per heavy atom. The Hall–Kier alpha value is -2.30. The molecule has 0 radical (unpaired) electrons. The van der Waals surface area contributed by atoms with E-state index in [0.717, 1.165) is 27.4 Å². The van der Waals surface area contributed by atoms with E-state index in [-0.39, 0.29) is 0 Å². The van der Waals surface area contributed by atoms with Crippen LogP contribution in [0.15, 0.2) is 42.6 Å². The van der Waals surface area contributed by atoms with Gasteiger partial charge in [0, 0.05) is 27.7 Å². The van der Waals surface area contributed by atoms with E-state index >= 15 is 0 Å². The van der Waals surface area contributed by atoms with Crippen LogP contribution in [-0.2, 0) is 0 Å². The summed E-state index contributed by atoms with van der Waals surface area (Å²) < 4.78 is 0. The van der Waals surface area contributed by atoms with Crippen molar-refractivity contribution in [1.29, 1.82) is 0 Å². The Balaban J connectivity index is 1.57. The Labute approximate surface area is 157 Å². The van der Waals surface area contributed by atoms with E-state index in [0.29, 0.717) is 5.92 Å². The van der Waals surface area contributed by atoms with Gasteiger partial charge in [-0.15, -0.1) is 0 Å². The average molecular weight is 365 g/mol. The van der Waals surface area contributed by atoms with Gasteiger partial charge in [0.1, 0.15) is 5.82 Å². The molecule has 0 spiro atoms. The van der Waals surface area contributed by atoms with E-state index in [4.69, 9.17) is 16.6 Å². The van der Waals surface area contributed by atoms with Crippen molar-refractivity contribution in [2.75, 3.05) is 20.1 Å². The van der Waals surface area contributed by atoms with Crippen LogP contribution in [0.3, 0.4) is 0 Å². The molecule has 0 bridgehead atoms. The minimum atomic E-state index is 0.629. The number of halogens is 1. The molecule has 0 unspecified atom stereocenters. The Morgan fingerprint density at radius 2 is 1.92 bits per heavy atom. The summed E-state index contributed by atoms with van der Waals surface area (Å²) in [4.78, 5) is 14.0. The Kier molecular flexibility index (Phi) is 3.76. The van der Waals surface area contributed by atoms with E-state index in [9.17, 15) is 0 Å². The number of fused-ring (bicyclic) bond motifs is 2. The molecular formula is C21H21ClN4. The molecule has 1 aliphatic heterocycles.